The summed E-state index contributed by atoms with van der Waals surface area (Å²) in [5.41, 5.74) is 0.355. The van der Waals surface area contributed by atoms with Crippen molar-refractivity contribution in [1.82, 2.24) is 5.32 Å². The second-order valence-electron chi connectivity index (χ2n) is 4.93. The van der Waals surface area contributed by atoms with Gasteiger partial charge in [-0.05, 0) is 59.5 Å². The predicted octanol–water partition coefficient (Wildman–Crippen LogP) is 3.68. The first kappa shape index (κ1) is 15.1. The molecule has 0 aliphatic heterocycles. The number of benzene rings is 1. The number of alkyl halides is 1. The van der Waals surface area contributed by atoms with Crippen molar-refractivity contribution < 1.29 is 9.90 Å². The number of aromatic hydroxyl groups is 1. The quantitative estimate of drug-likeness (QED) is 0.559. The van der Waals surface area contributed by atoms with E-state index in [0.29, 0.717) is 22.9 Å². The average Bonchev–Trinajstić information content (AvgIpc) is 2.40. The van der Waals surface area contributed by atoms with E-state index in [1.807, 2.05) is 0 Å². The molecule has 2 unspecified atom stereocenters. The second-order valence-corrected chi connectivity index (χ2v) is 7.35. The molecule has 0 bridgehead atoms. The highest BCUT2D eigenvalue weighted by molar-refractivity contribution is 14.1. The Morgan fingerprint density at radius 2 is 2.16 bits per heavy atom. The van der Waals surface area contributed by atoms with Gasteiger partial charge < -0.3 is 10.4 Å². The van der Waals surface area contributed by atoms with Crippen molar-refractivity contribution >= 4 is 44.4 Å². The van der Waals surface area contributed by atoms with Crippen molar-refractivity contribution in [1.29, 1.82) is 0 Å². The fourth-order valence-electron chi connectivity index (χ4n) is 2.40. The zero-order chi connectivity index (χ0) is 13.8. The zero-order valence-corrected chi connectivity index (χ0v) is 14.3. The molecule has 19 heavy (non-hydrogen) atoms. The molecule has 0 spiro atoms. The van der Waals surface area contributed by atoms with Crippen LogP contribution in [0.5, 0.6) is 5.75 Å². The Balaban J connectivity index is 1.95. The minimum absolute atomic E-state index is 0.0388. The monoisotopic (exact) mass is 437 g/mol. The van der Waals surface area contributed by atoms with Crippen LogP contribution in [-0.4, -0.2) is 22.4 Å². The molecule has 1 saturated carbocycles. The molecule has 2 rings (SSSR count). The van der Waals surface area contributed by atoms with Crippen molar-refractivity contribution in [3.05, 3.63) is 27.3 Å². The summed E-state index contributed by atoms with van der Waals surface area (Å²) in [6.07, 6.45) is 4.82. The Bertz CT molecular complexity index is 467. The van der Waals surface area contributed by atoms with E-state index in [-0.39, 0.29) is 11.7 Å². The molecule has 3 nitrogen and oxygen atoms in total. The number of phenols is 1. The standard InChI is InChI=1S/C14H17BrINO2/c15-12-4-2-1-3-9(12)8-17-14(19)11-7-10(16)5-6-13(11)18/h5-7,9,12,18H,1-4,8H2,(H,17,19). The topological polar surface area (TPSA) is 49.3 Å². The van der Waals surface area contributed by atoms with E-state index in [1.165, 1.54) is 19.3 Å². The minimum atomic E-state index is -0.193. The van der Waals surface area contributed by atoms with Gasteiger partial charge in [-0.1, -0.05) is 28.8 Å². The smallest absolute Gasteiger partial charge is 0.255 e. The molecule has 2 N–H and O–H groups in total. The molecule has 5 heteroatoms. The summed E-state index contributed by atoms with van der Waals surface area (Å²) < 4.78 is 0.941. The lowest BCUT2D eigenvalue weighted by molar-refractivity contribution is 0.0942. The lowest BCUT2D eigenvalue weighted by atomic mass is 9.89. The number of rotatable bonds is 3. The summed E-state index contributed by atoms with van der Waals surface area (Å²) >= 11 is 5.82. The summed E-state index contributed by atoms with van der Waals surface area (Å²) in [4.78, 5) is 12.6. The third-order valence-electron chi connectivity index (χ3n) is 3.54. The predicted molar refractivity (Wildman–Crippen MR) is 87.8 cm³/mol. The van der Waals surface area contributed by atoms with Gasteiger partial charge in [-0.2, -0.15) is 0 Å². The van der Waals surface area contributed by atoms with Crippen LogP contribution >= 0.6 is 38.5 Å². The van der Waals surface area contributed by atoms with E-state index in [9.17, 15) is 9.90 Å². The van der Waals surface area contributed by atoms with Crippen molar-refractivity contribution in [2.75, 3.05) is 6.54 Å². The Kier molecular flexibility index (Phi) is 5.50. The molecule has 2 atom stereocenters. The molecule has 1 fully saturated rings. The van der Waals surface area contributed by atoms with Crippen LogP contribution in [0.15, 0.2) is 18.2 Å². The molecule has 0 aromatic heterocycles. The van der Waals surface area contributed by atoms with Gasteiger partial charge in [0.15, 0.2) is 0 Å². The Morgan fingerprint density at radius 3 is 2.89 bits per heavy atom. The largest absolute Gasteiger partial charge is 0.507 e. The highest BCUT2D eigenvalue weighted by Crippen LogP contribution is 2.29. The van der Waals surface area contributed by atoms with Crippen molar-refractivity contribution in [2.24, 2.45) is 5.92 Å². The maximum atomic E-state index is 12.1. The fourth-order valence-corrected chi connectivity index (χ4v) is 3.67. The molecule has 0 saturated heterocycles. The maximum Gasteiger partial charge on any atom is 0.255 e. The molecule has 1 aromatic rings. The molecule has 0 heterocycles. The van der Waals surface area contributed by atoms with Gasteiger partial charge in [0.1, 0.15) is 5.75 Å². The van der Waals surface area contributed by atoms with E-state index >= 15 is 0 Å². The molecule has 1 aliphatic carbocycles. The second kappa shape index (κ2) is 6.92. The number of nitrogens with one attached hydrogen (secondary N) is 1. The van der Waals surface area contributed by atoms with Crippen LogP contribution in [0.4, 0.5) is 0 Å². The fraction of sp³-hybridized carbons (Fsp3) is 0.500. The third-order valence-corrected chi connectivity index (χ3v) is 5.42. The first-order valence-electron chi connectivity index (χ1n) is 6.48. The first-order valence-corrected chi connectivity index (χ1v) is 8.48. The van der Waals surface area contributed by atoms with Crippen LogP contribution < -0.4 is 5.32 Å². The molecule has 1 amide bonds. The van der Waals surface area contributed by atoms with Gasteiger partial charge in [0.25, 0.3) is 5.91 Å². The molecule has 1 aromatic carbocycles. The van der Waals surface area contributed by atoms with Gasteiger partial charge in [0.05, 0.1) is 5.56 Å². The van der Waals surface area contributed by atoms with Crippen LogP contribution in [0, 0.1) is 9.49 Å². The molecule has 1 aliphatic rings. The van der Waals surface area contributed by atoms with Crippen molar-refractivity contribution in [2.45, 2.75) is 30.5 Å². The summed E-state index contributed by atoms with van der Waals surface area (Å²) in [5, 5.41) is 12.7. The van der Waals surface area contributed by atoms with Gasteiger partial charge in [-0.25, -0.2) is 0 Å². The minimum Gasteiger partial charge on any atom is -0.507 e. The molecule has 0 radical (unpaired) electrons. The van der Waals surface area contributed by atoms with Crippen LogP contribution in [0.2, 0.25) is 0 Å². The van der Waals surface area contributed by atoms with E-state index in [2.05, 4.69) is 43.8 Å². The summed E-state index contributed by atoms with van der Waals surface area (Å²) in [6, 6.07) is 5.05. The van der Waals surface area contributed by atoms with E-state index < -0.39 is 0 Å². The Labute approximate surface area is 135 Å². The number of halogens is 2. The van der Waals surface area contributed by atoms with E-state index in [1.54, 1.807) is 18.2 Å². The number of hydrogen-bond acceptors (Lipinski definition) is 2. The number of phenolic OH excluding ortho intramolecular Hbond substituents is 1. The lowest BCUT2D eigenvalue weighted by Crippen LogP contribution is -2.34. The first-order chi connectivity index (χ1) is 9.08. The normalized spacial score (nSPS) is 23.1. The molecular weight excluding hydrogens is 421 g/mol. The summed E-state index contributed by atoms with van der Waals surface area (Å²) in [6.45, 7) is 0.666. The summed E-state index contributed by atoms with van der Waals surface area (Å²) in [7, 11) is 0. The van der Waals surface area contributed by atoms with Gasteiger partial charge in [0, 0.05) is 14.9 Å². The maximum absolute atomic E-state index is 12.1. The summed E-state index contributed by atoms with van der Waals surface area (Å²) in [5.74, 6) is 0.334. The van der Waals surface area contributed by atoms with Gasteiger partial charge in [-0.3, -0.25) is 4.79 Å². The van der Waals surface area contributed by atoms with Crippen molar-refractivity contribution in [3.63, 3.8) is 0 Å². The van der Waals surface area contributed by atoms with Crippen LogP contribution in [0.25, 0.3) is 0 Å². The Hall–Kier alpha value is -0.300. The highest BCUT2D eigenvalue weighted by atomic mass is 127. The van der Waals surface area contributed by atoms with Crippen LogP contribution in [-0.2, 0) is 0 Å². The number of carbonyl (C=O) groups is 1. The SMILES string of the molecule is O=C(NCC1CCCCC1Br)c1cc(I)ccc1O. The molecular formula is C14H17BrINO2. The zero-order valence-electron chi connectivity index (χ0n) is 10.5. The van der Waals surface area contributed by atoms with Gasteiger partial charge in [0.2, 0.25) is 0 Å². The van der Waals surface area contributed by atoms with Crippen LogP contribution in [0.3, 0.4) is 0 Å². The Morgan fingerprint density at radius 1 is 1.42 bits per heavy atom. The highest BCUT2D eigenvalue weighted by Gasteiger charge is 2.23. The lowest BCUT2D eigenvalue weighted by Gasteiger charge is -2.27. The van der Waals surface area contributed by atoms with E-state index in [0.717, 1.165) is 9.99 Å². The van der Waals surface area contributed by atoms with Gasteiger partial charge in [-0.15, -0.1) is 0 Å². The van der Waals surface area contributed by atoms with E-state index in [4.69, 9.17) is 0 Å². The third kappa shape index (κ3) is 4.08. The average molecular weight is 438 g/mol. The number of hydrogen-bond donors (Lipinski definition) is 2. The number of amides is 1. The number of carbonyl (C=O) groups excluding carboxylic acids is 1. The molecule has 104 valence electrons. The van der Waals surface area contributed by atoms with Crippen LogP contribution in [0.1, 0.15) is 36.0 Å². The van der Waals surface area contributed by atoms with Gasteiger partial charge >= 0.3 is 0 Å². The van der Waals surface area contributed by atoms with Crippen molar-refractivity contribution in [3.8, 4) is 5.75 Å².